The fourth-order valence-corrected chi connectivity index (χ4v) is 1.95. The van der Waals surface area contributed by atoms with Gasteiger partial charge in [-0.2, -0.15) is 0 Å². The van der Waals surface area contributed by atoms with Crippen LogP contribution in [0.4, 0.5) is 0 Å². The Kier molecular flexibility index (Phi) is 5.63. The Morgan fingerprint density at radius 1 is 1.13 bits per heavy atom. The Morgan fingerprint density at radius 2 is 1.83 bits per heavy atom. The van der Waals surface area contributed by atoms with Gasteiger partial charge in [-0.1, -0.05) is 37.8 Å². The van der Waals surface area contributed by atoms with Gasteiger partial charge in [0.1, 0.15) is 11.5 Å². The molecular formula is C18H20N2O3. The van der Waals surface area contributed by atoms with Gasteiger partial charge in [0.05, 0.1) is 5.70 Å². The highest BCUT2D eigenvalue weighted by Gasteiger charge is 2.06. The van der Waals surface area contributed by atoms with E-state index in [0.717, 1.165) is 6.42 Å². The van der Waals surface area contributed by atoms with Gasteiger partial charge in [0, 0.05) is 5.56 Å². The number of rotatable bonds is 7. The molecule has 1 amide bonds. The van der Waals surface area contributed by atoms with E-state index < -0.39 is 0 Å². The molecule has 5 nitrogen and oxygen atoms in total. The van der Waals surface area contributed by atoms with Crippen LogP contribution in [0, 0.1) is 0 Å². The molecule has 0 aliphatic carbocycles. The third-order valence-corrected chi connectivity index (χ3v) is 3.28. The van der Waals surface area contributed by atoms with E-state index >= 15 is 0 Å². The number of hydrazine groups is 1. The summed E-state index contributed by atoms with van der Waals surface area (Å²) < 4.78 is 5.40. The minimum absolute atomic E-state index is 0.0894. The zero-order valence-corrected chi connectivity index (χ0v) is 13.0. The molecule has 5 heteroatoms. The maximum atomic E-state index is 11.8. The zero-order valence-electron chi connectivity index (χ0n) is 13.0. The van der Waals surface area contributed by atoms with Crippen LogP contribution in [0.5, 0.6) is 11.5 Å². The summed E-state index contributed by atoms with van der Waals surface area (Å²) >= 11 is 0. The SMILES string of the molecule is C=C(NNC(=O)COc1ccc(CC)cc1)c1ccccc1O. The summed E-state index contributed by atoms with van der Waals surface area (Å²) in [4.78, 5) is 11.8. The zero-order chi connectivity index (χ0) is 16.7. The first-order chi connectivity index (χ1) is 11.1. The third-order valence-electron chi connectivity index (χ3n) is 3.28. The summed E-state index contributed by atoms with van der Waals surface area (Å²) in [5.74, 6) is 0.379. The van der Waals surface area contributed by atoms with Crippen molar-refractivity contribution in [2.45, 2.75) is 13.3 Å². The maximum Gasteiger partial charge on any atom is 0.276 e. The predicted octanol–water partition coefficient (Wildman–Crippen LogP) is 2.63. The number of carbonyl (C=O) groups is 1. The van der Waals surface area contributed by atoms with Crippen LogP contribution < -0.4 is 15.6 Å². The van der Waals surface area contributed by atoms with Crippen molar-refractivity contribution < 1.29 is 14.6 Å². The summed E-state index contributed by atoms with van der Waals surface area (Å²) in [7, 11) is 0. The van der Waals surface area contributed by atoms with Crippen molar-refractivity contribution in [1.29, 1.82) is 0 Å². The average molecular weight is 312 g/mol. The first-order valence-electron chi connectivity index (χ1n) is 7.34. The molecule has 0 aliphatic rings. The molecule has 0 unspecified atom stereocenters. The smallest absolute Gasteiger partial charge is 0.276 e. The van der Waals surface area contributed by atoms with Crippen LogP contribution in [0.2, 0.25) is 0 Å². The lowest BCUT2D eigenvalue weighted by atomic mass is 10.1. The minimum atomic E-state index is -0.346. The van der Waals surface area contributed by atoms with Crippen molar-refractivity contribution >= 4 is 11.6 Å². The van der Waals surface area contributed by atoms with Crippen molar-refractivity contribution in [2.75, 3.05) is 6.61 Å². The number of aromatic hydroxyl groups is 1. The van der Waals surface area contributed by atoms with E-state index in [2.05, 4.69) is 24.4 Å². The molecule has 0 bridgehead atoms. The fraction of sp³-hybridized carbons (Fsp3) is 0.167. The van der Waals surface area contributed by atoms with Gasteiger partial charge in [-0.25, -0.2) is 0 Å². The molecular weight excluding hydrogens is 292 g/mol. The molecule has 0 aliphatic heterocycles. The molecule has 23 heavy (non-hydrogen) atoms. The number of aryl methyl sites for hydroxylation is 1. The average Bonchev–Trinajstić information content (AvgIpc) is 2.58. The van der Waals surface area contributed by atoms with Gasteiger partial charge in [-0.05, 0) is 36.2 Å². The second-order valence-corrected chi connectivity index (χ2v) is 4.96. The summed E-state index contributed by atoms with van der Waals surface area (Å²) in [6.45, 7) is 5.73. The number of nitrogens with one attached hydrogen (secondary N) is 2. The summed E-state index contributed by atoms with van der Waals surface area (Å²) in [5.41, 5.74) is 7.26. The normalized spacial score (nSPS) is 9.96. The molecule has 0 radical (unpaired) electrons. The lowest BCUT2D eigenvalue weighted by Gasteiger charge is -2.12. The van der Waals surface area contributed by atoms with E-state index in [1.165, 1.54) is 5.56 Å². The van der Waals surface area contributed by atoms with Crippen molar-refractivity contribution in [3.05, 3.63) is 66.2 Å². The van der Waals surface area contributed by atoms with E-state index in [1.807, 2.05) is 24.3 Å². The van der Waals surface area contributed by atoms with E-state index in [0.29, 0.717) is 17.0 Å². The molecule has 0 fully saturated rings. The molecule has 0 saturated carbocycles. The second kappa shape index (κ2) is 7.89. The van der Waals surface area contributed by atoms with Crippen molar-refractivity contribution in [2.24, 2.45) is 0 Å². The van der Waals surface area contributed by atoms with E-state index in [-0.39, 0.29) is 18.3 Å². The Balaban J connectivity index is 1.78. The van der Waals surface area contributed by atoms with E-state index in [1.54, 1.807) is 24.3 Å². The van der Waals surface area contributed by atoms with E-state index in [4.69, 9.17) is 4.74 Å². The topological polar surface area (TPSA) is 70.6 Å². The van der Waals surface area contributed by atoms with Crippen LogP contribution in [0.1, 0.15) is 18.1 Å². The van der Waals surface area contributed by atoms with Gasteiger partial charge in [-0.3, -0.25) is 15.6 Å². The number of phenols is 1. The number of ether oxygens (including phenoxy) is 1. The molecule has 3 N–H and O–H groups in total. The summed E-state index contributed by atoms with van der Waals surface area (Å²) in [6.07, 6.45) is 0.957. The molecule has 0 heterocycles. The minimum Gasteiger partial charge on any atom is -0.507 e. The number of para-hydroxylation sites is 1. The molecule has 0 spiro atoms. The van der Waals surface area contributed by atoms with Crippen LogP contribution in [0.25, 0.3) is 5.70 Å². The van der Waals surface area contributed by atoms with Crippen molar-refractivity contribution in [3.63, 3.8) is 0 Å². The molecule has 2 aromatic rings. The van der Waals surface area contributed by atoms with Crippen LogP contribution in [0.15, 0.2) is 55.1 Å². The Bertz CT molecular complexity index is 681. The third kappa shape index (κ3) is 4.78. The Morgan fingerprint density at radius 3 is 2.48 bits per heavy atom. The van der Waals surface area contributed by atoms with Crippen molar-refractivity contribution in [1.82, 2.24) is 10.9 Å². The number of benzene rings is 2. The number of amides is 1. The summed E-state index contributed by atoms with van der Waals surface area (Å²) in [5, 5.41) is 9.70. The monoisotopic (exact) mass is 312 g/mol. The second-order valence-electron chi connectivity index (χ2n) is 4.96. The van der Waals surface area contributed by atoms with Crippen molar-refractivity contribution in [3.8, 4) is 11.5 Å². The molecule has 0 saturated heterocycles. The standard InChI is InChI=1S/C18H20N2O3/c1-3-14-8-10-15(11-9-14)23-12-18(22)20-19-13(2)16-6-4-5-7-17(16)21/h4-11,19,21H,2-3,12H2,1H3,(H,20,22). The number of carbonyl (C=O) groups excluding carboxylic acids is 1. The number of hydrogen-bond acceptors (Lipinski definition) is 4. The Labute approximate surface area is 135 Å². The van der Waals surface area contributed by atoms with Gasteiger partial charge in [0.2, 0.25) is 0 Å². The molecule has 0 atom stereocenters. The lowest BCUT2D eigenvalue weighted by Crippen LogP contribution is -2.38. The van der Waals surface area contributed by atoms with E-state index in [9.17, 15) is 9.90 Å². The van der Waals surface area contributed by atoms with Crippen LogP contribution in [-0.4, -0.2) is 17.6 Å². The summed E-state index contributed by atoms with van der Waals surface area (Å²) in [6, 6.07) is 14.3. The van der Waals surface area contributed by atoms with Crippen LogP contribution in [-0.2, 0) is 11.2 Å². The molecule has 120 valence electrons. The van der Waals surface area contributed by atoms with Gasteiger partial charge in [-0.15, -0.1) is 0 Å². The first kappa shape index (κ1) is 16.4. The number of phenolic OH excluding ortho intramolecular Hbond substituents is 1. The largest absolute Gasteiger partial charge is 0.507 e. The molecule has 2 rings (SSSR count). The van der Waals surface area contributed by atoms with Crippen LogP contribution in [0.3, 0.4) is 0 Å². The van der Waals surface area contributed by atoms with Gasteiger partial charge in [0.25, 0.3) is 5.91 Å². The van der Waals surface area contributed by atoms with Crippen LogP contribution >= 0.6 is 0 Å². The highest BCUT2D eigenvalue weighted by Crippen LogP contribution is 2.20. The number of hydrogen-bond donors (Lipinski definition) is 3. The first-order valence-corrected chi connectivity index (χ1v) is 7.34. The maximum absolute atomic E-state index is 11.8. The van der Waals surface area contributed by atoms with Gasteiger partial charge in [0.15, 0.2) is 6.61 Å². The highest BCUT2D eigenvalue weighted by molar-refractivity contribution is 5.79. The Hall–Kier alpha value is -2.95. The fourth-order valence-electron chi connectivity index (χ4n) is 1.95. The quantitative estimate of drug-likeness (QED) is 0.687. The predicted molar refractivity (Wildman–Crippen MR) is 89.7 cm³/mol. The lowest BCUT2D eigenvalue weighted by molar-refractivity contribution is -0.123. The molecule has 0 aromatic heterocycles. The molecule has 2 aromatic carbocycles. The van der Waals surface area contributed by atoms with Gasteiger partial charge >= 0.3 is 0 Å². The highest BCUT2D eigenvalue weighted by atomic mass is 16.5. The van der Waals surface area contributed by atoms with Gasteiger partial charge < -0.3 is 9.84 Å².